The topological polar surface area (TPSA) is 76.8 Å². The van der Waals surface area contributed by atoms with Gasteiger partial charge in [0.05, 0.1) is 36.1 Å². The molecule has 1 unspecified atom stereocenters. The summed E-state index contributed by atoms with van der Waals surface area (Å²) < 4.78 is 11.1. The van der Waals surface area contributed by atoms with Crippen molar-refractivity contribution in [3.05, 3.63) is 58.6 Å². The monoisotopic (exact) mass is 417 g/mol. The Morgan fingerprint density at radius 1 is 1.34 bits per heavy atom. The fraction of sp³-hybridized carbons (Fsp3) is 0.409. The zero-order chi connectivity index (χ0) is 20.6. The highest BCUT2D eigenvalue weighted by molar-refractivity contribution is 6.33. The highest BCUT2D eigenvalue weighted by atomic mass is 35.5. The molecule has 1 amide bonds. The van der Waals surface area contributed by atoms with E-state index in [9.17, 15) is 4.79 Å². The van der Waals surface area contributed by atoms with Crippen LogP contribution >= 0.6 is 11.6 Å². The summed E-state index contributed by atoms with van der Waals surface area (Å²) in [5, 5.41) is 3.26. The van der Waals surface area contributed by atoms with E-state index in [1.807, 2.05) is 6.07 Å². The third-order valence-corrected chi connectivity index (χ3v) is 5.35. The molecular formula is C22H28ClN3O3. The molecule has 29 heavy (non-hydrogen) atoms. The van der Waals surface area contributed by atoms with E-state index in [0.717, 1.165) is 39.1 Å². The SMILES string of the molecule is COc1cc(N)c(Cl)cc1C(=O)NCCCC1CN(Cc2ccccc2)CCO1. The van der Waals surface area contributed by atoms with Crippen molar-refractivity contribution in [1.29, 1.82) is 0 Å². The molecular weight excluding hydrogens is 390 g/mol. The average molecular weight is 418 g/mol. The summed E-state index contributed by atoms with van der Waals surface area (Å²) in [4.78, 5) is 14.9. The molecule has 1 atom stereocenters. The van der Waals surface area contributed by atoms with Crippen LogP contribution in [0.15, 0.2) is 42.5 Å². The van der Waals surface area contributed by atoms with E-state index in [1.54, 1.807) is 6.07 Å². The van der Waals surface area contributed by atoms with Crippen LogP contribution in [-0.4, -0.2) is 50.3 Å². The molecule has 0 radical (unpaired) electrons. The number of nitrogens with zero attached hydrogens (tertiary/aromatic N) is 1. The third-order valence-electron chi connectivity index (χ3n) is 5.02. The van der Waals surface area contributed by atoms with Gasteiger partial charge in [0.1, 0.15) is 5.75 Å². The molecule has 7 heteroatoms. The molecule has 0 aromatic heterocycles. The van der Waals surface area contributed by atoms with E-state index >= 15 is 0 Å². The smallest absolute Gasteiger partial charge is 0.255 e. The van der Waals surface area contributed by atoms with Crippen LogP contribution in [0.2, 0.25) is 5.02 Å². The van der Waals surface area contributed by atoms with Gasteiger partial charge in [0.15, 0.2) is 0 Å². The van der Waals surface area contributed by atoms with Crippen molar-refractivity contribution in [2.45, 2.75) is 25.5 Å². The molecule has 156 valence electrons. The Morgan fingerprint density at radius 2 is 2.14 bits per heavy atom. The van der Waals surface area contributed by atoms with Crippen LogP contribution in [0.5, 0.6) is 5.75 Å². The van der Waals surface area contributed by atoms with Crippen LogP contribution in [0.4, 0.5) is 5.69 Å². The lowest BCUT2D eigenvalue weighted by Gasteiger charge is -2.33. The van der Waals surface area contributed by atoms with Gasteiger partial charge in [-0.1, -0.05) is 41.9 Å². The minimum Gasteiger partial charge on any atom is -0.496 e. The van der Waals surface area contributed by atoms with Gasteiger partial charge in [-0.25, -0.2) is 0 Å². The summed E-state index contributed by atoms with van der Waals surface area (Å²) >= 11 is 6.04. The van der Waals surface area contributed by atoms with Gasteiger partial charge in [0.25, 0.3) is 5.91 Å². The standard InChI is InChI=1S/C22H28ClN3O3/c1-28-21-13-20(24)19(23)12-18(21)22(27)25-9-5-8-17-15-26(10-11-29-17)14-16-6-3-2-4-7-16/h2-4,6-7,12-13,17H,5,8-11,14-15,24H2,1H3,(H,25,27). The fourth-order valence-corrected chi connectivity index (χ4v) is 3.65. The van der Waals surface area contributed by atoms with Gasteiger partial charge in [-0.05, 0) is 24.5 Å². The molecule has 1 heterocycles. The van der Waals surface area contributed by atoms with Crippen LogP contribution in [-0.2, 0) is 11.3 Å². The number of hydrogen-bond acceptors (Lipinski definition) is 5. The first-order valence-corrected chi connectivity index (χ1v) is 10.2. The molecule has 0 aliphatic carbocycles. The maximum Gasteiger partial charge on any atom is 0.255 e. The largest absolute Gasteiger partial charge is 0.496 e. The zero-order valence-corrected chi connectivity index (χ0v) is 17.5. The van der Waals surface area contributed by atoms with Crippen LogP contribution in [0.25, 0.3) is 0 Å². The molecule has 1 saturated heterocycles. The first kappa shape index (κ1) is 21.4. The maximum atomic E-state index is 12.5. The minimum absolute atomic E-state index is 0.185. The number of rotatable bonds is 8. The molecule has 0 bridgehead atoms. The molecule has 3 rings (SSSR count). The number of carbonyl (C=O) groups excluding carboxylic acids is 1. The number of nitrogen functional groups attached to an aromatic ring is 1. The van der Waals surface area contributed by atoms with Gasteiger partial charge >= 0.3 is 0 Å². The number of nitrogens with one attached hydrogen (secondary N) is 1. The van der Waals surface area contributed by atoms with Gasteiger partial charge in [0.2, 0.25) is 0 Å². The second-order valence-electron chi connectivity index (χ2n) is 7.19. The number of carbonyl (C=O) groups is 1. The second kappa shape index (κ2) is 10.5. The number of morpholine rings is 1. The molecule has 3 N–H and O–H groups in total. The van der Waals surface area contributed by atoms with E-state index in [-0.39, 0.29) is 12.0 Å². The molecule has 2 aromatic rings. The number of amides is 1. The van der Waals surface area contributed by atoms with Crippen molar-refractivity contribution in [2.75, 3.05) is 39.1 Å². The first-order valence-electron chi connectivity index (χ1n) is 9.86. The molecule has 1 aliphatic heterocycles. The summed E-state index contributed by atoms with van der Waals surface area (Å²) in [6.45, 7) is 4.09. The van der Waals surface area contributed by atoms with Gasteiger partial charge in [-0.2, -0.15) is 0 Å². The highest BCUT2D eigenvalue weighted by Gasteiger charge is 2.20. The number of benzene rings is 2. The lowest BCUT2D eigenvalue weighted by atomic mass is 10.1. The third kappa shape index (κ3) is 6.10. The summed E-state index contributed by atoms with van der Waals surface area (Å²) in [6, 6.07) is 13.6. The van der Waals surface area contributed by atoms with Crippen molar-refractivity contribution < 1.29 is 14.3 Å². The Hall–Kier alpha value is -2.28. The molecule has 6 nitrogen and oxygen atoms in total. The first-order chi connectivity index (χ1) is 14.1. The molecule has 2 aromatic carbocycles. The molecule has 0 spiro atoms. The van der Waals surface area contributed by atoms with Crippen molar-refractivity contribution in [1.82, 2.24) is 10.2 Å². The van der Waals surface area contributed by atoms with Gasteiger partial charge < -0.3 is 20.5 Å². The van der Waals surface area contributed by atoms with Crippen LogP contribution in [0.3, 0.4) is 0 Å². The Morgan fingerprint density at radius 3 is 2.90 bits per heavy atom. The lowest BCUT2D eigenvalue weighted by Crippen LogP contribution is -2.42. The zero-order valence-electron chi connectivity index (χ0n) is 16.7. The number of halogens is 1. The summed E-state index contributed by atoms with van der Waals surface area (Å²) in [5.74, 6) is 0.190. The summed E-state index contributed by atoms with van der Waals surface area (Å²) in [7, 11) is 1.50. The number of anilines is 1. The maximum absolute atomic E-state index is 12.5. The summed E-state index contributed by atoms with van der Waals surface area (Å²) in [6.07, 6.45) is 1.91. The summed E-state index contributed by atoms with van der Waals surface area (Å²) in [5.41, 5.74) is 7.85. The fourth-order valence-electron chi connectivity index (χ4n) is 3.48. The van der Waals surface area contributed by atoms with Crippen LogP contribution in [0.1, 0.15) is 28.8 Å². The normalized spacial score (nSPS) is 17.1. The average Bonchev–Trinajstić information content (AvgIpc) is 2.73. The Balaban J connectivity index is 1.43. The van der Waals surface area contributed by atoms with Crippen molar-refractivity contribution >= 4 is 23.2 Å². The van der Waals surface area contributed by atoms with E-state index < -0.39 is 0 Å². The predicted octanol–water partition coefficient (Wildman–Crippen LogP) is 3.34. The minimum atomic E-state index is -0.223. The molecule has 0 saturated carbocycles. The van der Waals surface area contributed by atoms with E-state index in [4.69, 9.17) is 26.8 Å². The van der Waals surface area contributed by atoms with Crippen molar-refractivity contribution in [3.63, 3.8) is 0 Å². The van der Waals surface area contributed by atoms with E-state index in [2.05, 4.69) is 34.5 Å². The van der Waals surface area contributed by atoms with Gasteiger partial charge in [0, 0.05) is 32.2 Å². The number of methoxy groups -OCH3 is 1. The Kier molecular flexibility index (Phi) is 7.75. The Bertz CT molecular complexity index is 816. The van der Waals surface area contributed by atoms with Gasteiger partial charge in [-0.15, -0.1) is 0 Å². The van der Waals surface area contributed by atoms with Crippen LogP contribution in [0, 0.1) is 0 Å². The van der Waals surface area contributed by atoms with E-state index in [0.29, 0.717) is 28.6 Å². The van der Waals surface area contributed by atoms with Gasteiger partial charge in [-0.3, -0.25) is 9.69 Å². The van der Waals surface area contributed by atoms with Crippen molar-refractivity contribution in [3.8, 4) is 5.75 Å². The number of ether oxygens (including phenoxy) is 2. The molecule has 1 fully saturated rings. The molecule has 1 aliphatic rings. The van der Waals surface area contributed by atoms with Crippen LogP contribution < -0.4 is 15.8 Å². The van der Waals surface area contributed by atoms with Crippen molar-refractivity contribution in [2.24, 2.45) is 0 Å². The quantitative estimate of drug-likeness (QED) is 0.509. The van der Waals surface area contributed by atoms with E-state index in [1.165, 1.54) is 18.7 Å². The lowest BCUT2D eigenvalue weighted by molar-refractivity contribution is -0.0354. The highest BCUT2D eigenvalue weighted by Crippen LogP contribution is 2.28. The number of hydrogen-bond donors (Lipinski definition) is 2. The Labute approximate surface area is 176 Å². The second-order valence-corrected chi connectivity index (χ2v) is 7.59. The predicted molar refractivity (Wildman–Crippen MR) is 115 cm³/mol. The number of nitrogens with two attached hydrogens (primary N) is 1.